The average Bonchev–Trinajstić information content (AvgIpc) is 2.88. The highest BCUT2D eigenvalue weighted by atomic mass is 16.5. The molecule has 0 N–H and O–H groups in total. The summed E-state index contributed by atoms with van der Waals surface area (Å²) in [7, 11) is 0. The summed E-state index contributed by atoms with van der Waals surface area (Å²) in [5, 5.41) is 0. The van der Waals surface area contributed by atoms with Crippen molar-refractivity contribution in [1.29, 1.82) is 0 Å². The summed E-state index contributed by atoms with van der Waals surface area (Å²) in [5.41, 5.74) is 0. The summed E-state index contributed by atoms with van der Waals surface area (Å²) in [6.07, 6.45) is 37.2. The van der Waals surface area contributed by atoms with E-state index in [4.69, 9.17) is 4.74 Å². The lowest BCUT2D eigenvalue weighted by atomic mass is 9.99. The maximum Gasteiger partial charge on any atom is 0.305 e. The Morgan fingerprint density at radius 1 is 0.500 bits per heavy atom. The highest BCUT2D eigenvalue weighted by Crippen LogP contribution is 2.16. The van der Waals surface area contributed by atoms with Gasteiger partial charge in [-0.05, 0) is 18.8 Å². The molecule has 2 nitrogen and oxygen atoms in total. The quantitative estimate of drug-likeness (QED) is 0.0712. The smallest absolute Gasteiger partial charge is 0.305 e. The Labute approximate surface area is 228 Å². The van der Waals surface area contributed by atoms with Crippen LogP contribution in [-0.2, 0) is 9.53 Å². The van der Waals surface area contributed by atoms with Crippen LogP contribution in [0.4, 0.5) is 0 Å². The first kappa shape index (κ1) is 35.5. The van der Waals surface area contributed by atoms with Crippen molar-refractivity contribution in [3.8, 4) is 0 Å². The zero-order valence-electron chi connectivity index (χ0n) is 25.4. The van der Waals surface area contributed by atoms with E-state index < -0.39 is 0 Å². The molecule has 1 unspecified atom stereocenters. The van der Waals surface area contributed by atoms with Crippen LogP contribution in [0.5, 0.6) is 0 Å². The topological polar surface area (TPSA) is 26.3 Å². The van der Waals surface area contributed by atoms with Gasteiger partial charge in [-0.2, -0.15) is 0 Å². The minimum absolute atomic E-state index is 0.0232. The lowest BCUT2D eigenvalue weighted by molar-refractivity contribution is -0.143. The second-order valence-electron chi connectivity index (χ2n) is 11.8. The average molecular weight is 509 g/mol. The standard InChI is InChI=1S/C34H68O2/c1-4-6-7-8-9-18-22-25-28-31-34(35)36-32-29-26-23-20-17-15-13-11-10-12-14-16-19-21-24-27-30-33(3)5-2/h33H,4-32H2,1-3H3. The maximum absolute atomic E-state index is 11.8. The molecule has 0 heterocycles. The molecule has 0 bridgehead atoms. The molecule has 0 aliphatic carbocycles. The van der Waals surface area contributed by atoms with Gasteiger partial charge in [0.1, 0.15) is 0 Å². The van der Waals surface area contributed by atoms with Crippen molar-refractivity contribution in [3.63, 3.8) is 0 Å². The predicted octanol–water partition coefficient (Wildman–Crippen LogP) is 12.1. The fourth-order valence-electron chi connectivity index (χ4n) is 5.11. The van der Waals surface area contributed by atoms with Crippen LogP contribution in [-0.4, -0.2) is 12.6 Å². The zero-order chi connectivity index (χ0) is 26.4. The van der Waals surface area contributed by atoms with Crippen LogP contribution in [0.1, 0.15) is 201 Å². The summed E-state index contributed by atoms with van der Waals surface area (Å²) in [4.78, 5) is 11.8. The minimum atomic E-state index is 0.0232. The molecule has 216 valence electrons. The van der Waals surface area contributed by atoms with Gasteiger partial charge >= 0.3 is 5.97 Å². The van der Waals surface area contributed by atoms with Gasteiger partial charge in [-0.1, -0.05) is 181 Å². The first-order valence-electron chi connectivity index (χ1n) is 16.9. The zero-order valence-corrected chi connectivity index (χ0v) is 25.4. The summed E-state index contributed by atoms with van der Waals surface area (Å²) >= 11 is 0. The summed E-state index contributed by atoms with van der Waals surface area (Å²) in [6.45, 7) is 7.60. The number of rotatable bonds is 30. The molecule has 0 aliphatic rings. The number of carbonyl (C=O) groups is 1. The van der Waals surface area contributed by atoms with Gasteiger partial charge in [0.2, 0.25) is 0 Å². The van der Waals surface area contributed by atoms with Crippen LogP contribution in [0.15, 0.2) is 0 Å². The van der Waals surface area contributed by atoms with E-state index in [1.165, 1.54) is 161 Å². The van der Waals surface area contributed by atoms with Gasteiger partial charge in [0.25, 0.3) is 0 Å². The fraction of sp³-hybridized carbons (Fsp3) is 0.971. The molecule has 0 amide bonds. The Balaban J connectivity index is 3.14. The molecule has 0 aromatic rings. The van der Waals surface area contributed by atoms with Crippen molar-refractivity contribution in [2.75, 3.05) is 6.61 Å². The Kier molecular flexibility index (Phi) is 30.2. The molecule has 2 heteroatoms. The molecule has 0 radical (unpaired) electrons. The molecular weight excluding hydrogens is 440 g/mol. The number of esters is 1. The first-order chi connectivity index (χ1) is 17.7. The van der Waals surface area contributed by atoms with Crippen LogP contribution in [0.25, 0.3) is 0 Å². The molecule has 0 saturated carbocycles. The SMILES string of the molecule is CCCCCCCCCCCC(=O)OCCCCCCCCCCCCCCCCCCC(C)CC. The van der Waals surface area contributed by atoms with Crippen LogP contribution in [0, 0.1) is 5.92 Å². The van der Waals surface area contributed by atoms with Crippen LogP contribution in [0.3, 0.4) is 0 Å². The number of hydrogen-bond acceptors (Lipinski definition) is 2. The van der Waals surface area contributed by atoms with E-state index in [1.54, 1.807) is 0 Å². The highest BCUT2D eigenvalue weighted by Gasteiger charge is 2.03. The maximum atomic E-state index is 11.8. The Hall–Kier alpha value is -0.530. The van der Waals surface area contributed by atoms with Gasteiger partial charge in [0.15, 0.2) is 0 Å². The summed E-state index contributed by atoms with van der Waals surface area (Å²) in [6, 6.07) is 0. The predicted molar refractivity (Wildman–Crippen MR) is 161 cm³/mol. The second-order valence-corrected chi connectivity index (χ2v) is 11.8. The molecule has 0 spiro atoms. The van der Waals surface area contributed by atoms with E-state index in [1.807, 2.05) is 0 Å². The van der Waals surface area contributed by atoms with E-state index in [0.29, 0.717) is 13.0 Å². The third-order valence-corrected chi connectivity index (χ3v) is 8.04. The Bertz CT molecular complexity index is 419. The monoisotopic (exact) mass is 509 g/mol. The van der Waals surface area contributed by atoms with Crippen LogP contribution >= 0.6 is 0 Å². The van der Waals surface area contributed by atoms with E-state index in [0.717, 1.165) is 18.8 Å². The number of unbranched alkanes of at least 4 members (excludes halogenated alkanes) is 23. The van der Waals surface area contributed by atoms with Gasteiger partial charge in [-0.25, -0.2) is 0 Å². The van der Waals surface area contributed by atoms with Gasteiger partial charge in [0.05, 0.1) is 6.61 Å². The summed E-state index contributed by atoms with van der Waals surface area (Å²) in [5.74, 6) is 0.954. The van der Waals surface area contributed by atoms with Crippen LogP contribution in [0.2, 0.25) is 0 Å². The first-order valence-corrected chi connectivity index (χ1v) is 16.9. The second kappa shape index (κ2) is 30.7. The fourth-order valence-corrected chi connectivity index (χ4v) is 5.11. The summed E-state index contributed by atoms with van der Waals surface area (Å²) < 4.78 is 5.41. The van der Waals surface area contributed by atoms with Crippen molar-refractivity contribution in [3.05, 3.63) is 0 Å². The molecule has 0 fully saturated rings. The largest absolute Gasteiger partial charge is 0.466 e. The Morgan fingerprint density at radius 3 is 1.28 bits per heavy atom. The normalized spacial score (nSPS) is 12.2. The Morgan fingerprint density at radius 2 is 0.861 bits per heavy atom. The third kappa shape index (κ3) is 29.7. The molecule has 0 aromatic heterocycles. The number of carbonyl (C=O) groups excluding carboxylic acids is 1. The van der Waals surface area contributed by atoms with E-state index in [9.17, 15) is 4.79 Å². The van der Waals surface area contributed by atoms with E-state index in [-0.39, 0.29) is 5.97 Å². The van der Waals surface area contributed by atoms with Gasteiger partial charge < -0.3 is 4.74 Å². The van der Waals surface area contributed by atoms with Gasteiger partial charge in [0, 0.05) is 6.42 Å². The molecule has 0 rings (SSSR count). The molecule has 36 heavy (non-hydrogen) atoms. The number of hydrogen-bond donors (Lipinski definition) is 0. The van der Waals surface area contributed by atoms with E-state index >= 15 is 0 Å². The highest BCUT2D eigenvalue weighted by molar-refractivity contribution is 5.69. The molecular formula is C34H68O2. The van der Waals surface area contributed by atoms with Crippen LogP contribution < -0.4 is 0 Å². The number of ether oxygens (including phenoxy) is 1. The molecule has 0 aliphatic heterocycles. The van der Waals surface area contributed by atoms with Gasteiger partial charge in [-0.3, -0.25) is 4.79 Å². The lowest BCUT2D eigenvalue weighted by Crippen LogP contribution is -2.05. The lowest BCUT2D eigenvalue weighted by Gasteiger charge is -2.07. The third-order valence-electron chi connectivity index (χ3n) is 8.04. The molecule has 0 aromatic carbocycles. The minimum Gasteiger partial charge on any atom is -0.466 e. The van der Waals surface area contributed by atoms with Gasteiger partial charge in [-0.15, -0.1) is 0 Å². The molecule has 1 atom stereocenters. The van der Waals surface area contributed by atoms with Crippen molar-refractivity contribution >= 4 is 5.97 Å². The van der Waals surface area contributed by atoms with Crippen molar-refractivity contribution in [1.82, 2.24) is 0 Å². The van der Waals surface area contributed by atoms with Crippen molar-refractivity contribution in [2.24, 2.45) is 5.92 Å². The van der Waals surface area contributed by atoms with E-state index in [2.05, 4.69) is 20.8 Å². The van der Waals surface area contributed by atoms with Crippen molar-refractivity contribution in [2.45, 2.75) is 201 Å². The molecule has 0 saturated heterocycles. The van der Waals surface area contributed by atoms with Crippen molar-refractivity contribution < 1.29 is 9.53 Å².